The largest absolute Gasteiger partial charge is 0.493 e. The van der Waals surface area contributed by atoms with E-state index in [1.807, 2.05) is 12.1 Å². The van der Waals surface area contributed by atoms with Gasteiger partial charge in [0.2, 0.25) is 5.91 Å². The Morgan fingerprint density at radius 3 is 2.67 bits per heavy atom. The third-order valence-electron chi connectivity index (χ3n) is 4.79. The van der Waals surface area contributed by atoms with Gasteiger partial charge in [-0.05, 0) is 30.7 Å². The molecule has 1 unspecified atom stereocenters. The van der Waals surface area contributed by atoms with Gasteiger partial charge < -0.3 is 18.8 Å². The van der Waals surface area contributed by atoms with Gasteiger partial charge in [0.25, 0.3) is 0 Å². The quantitative estimate of drug-likeness (QED) is 0.718. The van der Waals surface area contributed by atoms with E-state index < -0.39 is 9.84 Å². The lowest BCUT2D eigenvalue weighted by Crippen LogP contribution is -2.30. The van der Waals surface area contributed by atoms with Crippen molar-refractivity contribution in [3.8, 4) is 11.5 Å². The Morgan fingerprint density at radius 2 is 2.00 bits per heavy atom. The molecule has 7 nitrogen and oxygen atoms in total. The highest BCUT2D eigenvalue weighted by Gasteiger charge is 2.29. The summed E-state index contributed by atoms with van der Waals surface area (Å²) in [6.45, 7) is 1.17. The summed E-state index contributed by atoms with van der Waals surface area (Å²) in [6, 6.07) is 8.16. The van der Waals surface area contributed by atoms with Gasteiger partial charge in [0.05, 0.1) is 31.1 Å². The van der Waals surface area contributed by atoms with E-state index in [0.29, 0.717) is 24.6 Å². The van der Waals surface area contributed by atoms with Crippen molar-refractivity contribution in [3.05, 3.63) is 42.4 Å². The number of likely N-dealkylation sites (tertiary alicyclic amines) is 1. The molecule has 3 rings (SSSR count). The third-order valence-corrected chi connectivity index (χ3v) is 6.50. The molecule has 1 fully saturated rings. The number of hydrogen-bond donors (Lipinski definition) is 0. The molecule has 1 saturated heterocycles. The van der Waals surface area contributed by atoms with Gasteiger partial charge in [0, 0.05) is 31.5 Å². The first-order valence-corrected chi connectivity index (χ1v) is 10.4. The highest BCUT2D eigenvalue weighted by atomic mass is 32.2. The van der Waals surface area contributed by atoms with Gasteiger partial charge >= 0.3 is 0 Å². The van der Waals surface area contributed by atoms with E-state index >= 15 is 0 Å². The van der Waals surface area contributed by atoms with Crippen LogP contribution in [0.3, 0.4) is 0 Å². The summed E-state index contributed by atoms with van der Waals surface area (Å²) in [5, 5.41) is 0. The lowest BCUT2D eigenvalue weighted by Gasteiger charge is -2.16. The van der Waals surface area contributed by atoms with E-state index in [1.165, 1.54) is 26.4 Å². The molecule has 0 saturated carbocycles. The van der Waals surface area contributed by atoms with Gasteiger partial charge in [-0.2, -0.15) is 0 Å². The Labute approximate surface area is 158 Å². The zero-order valence-electron chi connectivity index (χ0n) is 15.4. The molecular weight excluding hydrogens is 370 g/mol. The van der Waals surface area contributed by atoms with Crippen LogP contribution >= 0.6 is 0 Å². The number of carbonyl (C=O) groups is 1. The molecule has 0 N–H and O–H groups in total. The molecule has 27 heavy (non-hydrogen) atoms. The molecule has 2 aromatic rings. The minimum absolute atomic E-state index is 0.0540. The number of carbonyl (C=O) groups excluding carboxylic acids is 1. The van der Waals surface area contributed by atoms with Crippen molar-refractivity contribution in [3.63, 3.8) is 0 Å². The van der Waals surface area contributed by atoms with Gasteiger partial charge in [-0.15, -0.1) is 0 Å². The van der Waals surface area contributed by atoms with Gasteiger partial charge in [-0.3, -0.25) is 4.79 Å². The predicted molar refractivity (Wildman–Crippen MR) is 98.9 cm³/mol. The SMILES string of the molecule is COc1ccc(S(=O)(=O)CCC(=O)N2CCC(c3ccco3)C2)cc1OC. The van der Waals surface area contributed by atoms with Crippen molar-refractivity contribution in [1.29, 1.82) is 0 Å². The van der Waals surface area contributed by atoms with Crippen LogP contribution in [-0.2, 0) is 14.6 Å². The molecule has 0 bridgehead atoms. The fourth-order valence-electron chi connectivity index (χ4n) is 3.25. The van der Waals surface area contributed by atoms with E-state index in [-0.39, 0.29) is 28.9 Å². The maximum absolute atomic E-state index is 12.6. The number of furan rings is 1. The topological polar surface area (TPSA) is 86.1 Å². The number of benzene rings is 1. The summed E-state index contributed by atoms with van der Waals surface area (Å²) >= 11 is 0. The molecule has 1 amide bonds. The summed E-state index contributed by atoms with van der Waals surface area (Å²) in [5.74, 6) is 1.42. The zero-order valence-corrected chi connectivity index (χ0v) is 16.2. The number of ether oxygens (including phenoxy) is 2. The van der Waals surface area contributed by atoms with Crippen molar-refractivity contribution in [2.24, 2.45) is 0 Å². The lowest BCUT2D eigenvalue weighted by atomic mass is 10.1. The van der Waals surface area contributed by atoms with Crippen LogP contribution in [0.5, 0.6) is 11.5 Å². The Kier molecular flexibility index (Phi) is 5.74. The first-order valence-electron chi connectivity index (χ1n) is 8.70. The van der Waals surface area contributed by atoms with Crippen LogP contribution in [0.1, 0.15) is 24.5 Å². The maximum atomic E-state index is 12.6. The molecule has 1 aliphatic heterocycles. The fourth-order valence-corrected chi connectivity index (χ4v) is 4.49. The standard InChI is InChI=1S/C19H23NO6S/c1-24-17-6-5-15(12-18(17)25-2)27(22,23)11-8-19(21)20-9-7-14(13-20)16-4-3-10-26-16/h3-6,10,12,14H,7-9,11,13H2,1-2H3. The highest BCUT2D eigenvalue weighted by Crippen LogP contribution is 2.30. The molecule has 1 aromatic heterocycles. The highest BCUT2D eigenvalue weighted by molar-refractivity contribution is 7.91. The number of amides is 1. The van der Waals surface area contributed by atoms with E-state index in [9.17, 15) is 13.2 Å². The monoisotopic (exact) mass is 393 g/mol. The average Bonchev–Trinajstić information content (AvgIpc) is 3.36. The van der Waals surface area contributed by atoms with Crippen LogP contribution in [0.4, 0.5) is 0 Å². The Bertz CT molecular complexity index is 891. The van der Waals surface area contributed by atoms with Crippen molar-refractivity contribution >= 4 is 15.7 Å². The van der Waals surface area contributed by atoms with Gasteiger partial charge in [-0.1, -0.05) is 0 Å². The van der Waals surface area contributed by atoms with Gasteiger partial charge in [-0.25, -0.2) is 8.42 Å². The Hall–Kier alpha value is -2.48. The third kappa shape index (κ3) is 4.27. The second kappa shape index (κ2) is 8.04. The van der Waals surface area contributed by atoms with Gasteiger partial charge in [0.1, 0.15) is 5.76 Å². The number of hydrogen-bond acceptors (Lipinski definition) is 6. The summed E-state index contributed by atoms with van der Waals surface area (Å²) < 4.78 is 40.9. The smallest absolute Gasteiger partial charge is 0.223 e. The molecule has 0 aliphatic carbocycles. The van der Waals surface area contributed by atoms with Crippen molar-refractivity contribution in [2.45, 2.75) is 23.7 Å². The van der Waals surface area contributed by atoms with Gasteiger partial charge in [0.15, 0.2) is 21.3 Å². The van der Waals surface area contributed by atoms with E-state index in [4.69, 9.17) is 13.9 Å². The van der Waals surface area contributed by atoms with E-state index in [2.05, 4.69) is 0 Å². The molecule has 1 atom stereocenters. The summed E-state index contributed by atoms with van der Waals surface area (Å²) in [6.07, 6.45) is 2.39. The number of nitrogens with zero attached hydrogens (tertiary/aromatic N) is 1. The molecule has 1 aliphatic rings. The molecule has 0 radical (unpaired) electrons. The number of rotatable bonds is 7. The Balaban J connectivity index is 1.61. The summed E-state index contributed by atoms with van der Waals surface area (Å²) in [5.41, 5.74) is 0. The lowest BCUT2D eigenvalue weighted by molar-refractivity contribution is -0.129. The van der Waals surface area contributed by atoms with Crippen LogP contribution in [0.15, 0.2) is 45.9 Å². The Morgan fingerprint density at radius 1 is 1.22 bits per heavy atom. The molecule has 1 aromatic carbocycles. The number of methoxy groups -OCH3 is 2. The zero-order chi connectivity index (χ0) is 19.4. The second-order valence-electron chi connectivity index (χ2n) is 6.43. The van der Waals surface area contributed by atoms with Crippen molar-refractivity contribution in [2.75, 3.05) is 33.1 Å². The molecule has 146 valence electrons. The van der Waals surface area contributed by atoms with Crippen molar-refractivity contribution in [1.82, 2.24) is 4.90 Å². The van der Waals surface area contributed by atoms with Crippen molar-refractivity contribution < 1.29 is 27.1 Å². The minimum atomic E-state index is -3.60. The van der Waals surface area contributed by atoms with Crippen LogP contribution in [0.25, 0.3) is 0 Å². The predicted octanol–water partition coefficient (Wildman–Crippen LogP) is 2.48. The molecular formula is C19H23NO6S. The van der Waals surface area contributed by atoms with E-state index in [0.717, 1.165) is 12.2 Å². The second-order valence-corrected chi connectivity index (χ2v) is 8.54. The first-order chi connectivity index (χ1) is 12.9. The molecule has 2 heterocycles. The minimum Gasteiger partial charge on any atom is -0.493 e. The normalized spacial score (nSPS) is 17.1. The first kappa shape index (κ1) is 19.3. The van der Waals surface area contributed by atoms with Crippen LogP contribution in [-0.4, -0.2) is 52.3 Å². The molecule has 8 heteroatoms. The van der Waals surface area contributed by atoms with Crippen LogP contribution < -0.4 is 9.47 Å². The number of sulfone groups is 1. The average molecular weight is 393 g/mol. The van der Waals surface area contributed by atoms with E-state index in [1.54, 1.807) is 17.2 Å². The summed E-state index contributed by atoms with van der Waals surface area (Å²) in [7, 11) is -0.673. The summed E-state index contributed by atoms with van der Waals surface area (Å²) in [4.78, 5) is 14.3. The maximum Gasteiger partial charge on any atom is 0.223 e. The molecule has 0 spiro atoms. The van der Waals surface area contributed by atoms with Crippen LogP contribution in [0, 0.1) is 0 Å². The van der Waals surface area contributed by atoms with Crippen LogP contribution in [0.2, 0.25) is 0 Å². The fraction of sp³-hybridized carbons (Fsp3) is 0.421.